The Morgan fingerprint density at radius 2 is 2.28 bits per heavy atom. The Balaban J connectivity index is 2.25. The summed E-state index contributed by atoms with van der Waals surface area (Å²) in [7, 11) is 1.88. The topological polar surface area (TPSA) is 24.9 Å². The average molecular weight is 329 g/mol. The van der Waals surface area contributed by atoms with Gasteiger partial charge in [-0.15, -0.1) is 11.3 Å². The molecular formula is C13H14BrFN2S. The number of hydrogen-bond acceptors (Lipinski definition) is 3. The number of nitrogens with one attached hydrogen (secondary N) is 1. The highest BCUT2D eigenvalue weighted by Gasteiger charge is 2.16. The molecule has 1 aromatic carbocycles. The van der Waals surface area contributed by atoms with Crippen molar-refractivity contribution < 1.29 is 4.39 Å². The number of benzene rings is 1. The summed E-state index contributed by atoms with van der Waals surface area (Å²) in [5.41, 5.74) is 1.95. The van der Waals surface area contributed by atoms with Crippen molar-refractivity contribution in [2.24, 2.45) is 0 Å². The molecule has 0 bridgehead atoms. The minimum absolute atomic E-state index is 0.0524. The van der Waals surface area contributed by atoms with E-state index in [1.165, 1.54) is 6.07 Å². The van der Waals surface area contributed by atoms with Gasteiger partial charge in [-0.3, -0.25) is 0 Å². The molecule has 0 aliphatic rings. The van der Waals surface area contributed by atoms with Gasteiger partial charge >= 0.3 is 0 Å². The van der Waals surface area contributed by atoms with Gasteiger partial charge in [-0.1, -0.05) is 12.1 Å². The Kier molecular flexibility index (Phi) is 4.48. The molecule has 1 unspecified atom stereocenters. The number of halogens is 2. The Bertz CT molecular complexity index is 542. The number of thiazole rings is 1. The number of aryl methyl sites for hydroxylation is 1. The van der Waals surface area contributed by atoms with Gasteiger partial charge in [0.2, 0.25) is 0 Å². The fourth-order valence-electron chi connectivity index (χ4n) is 1.87. The highest BCUT2D eigenvalue weighted by atomic mass is 79.9. The third kappa shape index (κ3) is 2.96. The summed E-state index contributed by atoms with van der Waals surface area (Å²) in [4.78, 5) is 4.45. The highest BCUT2D eigenvalue weighted by molar-refractivity contribution is 9.10. The Morgan fingerprint density at radius 1 is 1.50 bits per heavy atom. The van der Waals surface area contributed by atoms with Crippen LogP contribution in [-0.2, 0) is 6.42 Å². The van der Waals surface area contributed by atoms with Crippen LogP contribution in [-0.4, -0.2) is 12.0 Å². The van der Waals surface area contributed by atoms with Gasteiger partial charge in [-0.2, -0.15) is 0 Å². The van der Waals surface area contributed by atoms with Crippen molar-refractivity contribution in [3.8, 4) is 0 Å². The van der Waals surface area contributed by atoms with Gasteiger partial charge in [0.25, 0.3) is 0 Å². The number of aromatic nitrogens is 1. The second-order valence-corrected chi connectivity index (χ2v) is 5.90. The van der Waals surface area contributed by atoms with E-state index in [9.17, 15) is 4.39 Å². The maximum Gasteiger partial charge on any atom is 0.137 e. The van der Waals surface area contributed by atoms with Crippen molar-refractivity contribution in [3.63, 3.8) is 0 Å². The molecule has 1 atom stereocenters. The molecule has 0 saturated carbocycles. The van der Waals surface area contributed by atoms with E-state index in [0.29, 0.717) is 4.47 Å². The monoisotopic (exact) mass is 328 g/mol. The van der Waals surface area contributed by atoms with Crippen LogP contribution in [0.4, 0.5) is 4.39 Å². The maximum atomic E-state index is 13.5. The van der Waals surface area contributed by atoms with E-state index in [0.717, 1.165) is 22.7 Å². The quantitative estimate of drug-likeness (QED) is 0.921. The summed E-state index contributed by atoms with van der Waals surface area (Å²) in [6.45, 7) is 1.99. The molecule has 0 spiro atoms. The molecule has 18 heavy (non-hydrogen) atoms. The van der Waals surface area contributed by atoms with E-state index in [-0.39, 0.29) is 11.9 Å². The van der Waals surface area contributed by atoms with Gasteiger partial charge in [0, 0.05) is 17.8 Å². The van der Waals surface area contributed by atoms with E-state index in [4.69, 9.17) is 0 Å². The van der Waals surface area contributed by atoms with E-state index >= 15 is 0 Å². The van der Waals surface area contributed by atoms with Crippen LogP contribution in [0, 0.1) is 12.7 Å². The van der Waals surface area contributed by atoms with Crippen molar-refractivity contribution in [2.45, 2.75) is 19.4 Å². The smallest absolute Gasteiger partial charge is 0.137 e. The lowest BCUT2D eigenvalue weighted by atomic mass is 10.0. The second-order valence-electron chi connectivity index (χ2n) is 4.05. The Hall–Kier alpha value is -0.780. The predicted molar refractivity (Wildman–Crippen MR) is 76.5 cm³/mol. The van der Waals surface area contributed by atoms with E-state index < -0.39 is 0 Å². The zero-order valence-electron chi connectivity index (χ0n) is 10.2. The first-order valence-electron chi connectivity index (χ1n) is 5.64. The predicted octanol–water partition coefficient (Wildman–Crippen LogP) is 3.86. The molecule has 0 aliphatic heterocycles. The number of hydrogen-bond donors (Lipinski definition) is 1. The van der Waals surface area contributed by atoms with Crippen molar-refractivity contribution in [1.29, 1.82) is 0 Å². The zero-order chi connectivity index (χ0) is 13.1. The SMILES string of the molecule is CNC(Cc1csc(C)n1)c1cccc(F)c1Br. The van der Waals surface area contributed by atoms with Gasteiger partial charge in [0.05, 0.1) is 15.2 Å². The Morgan fingerprint density at radius 3 is 2.89 bits per heavy atom. The van der Waals surface area contributed by atoms with Crippen molar-refractivity contribution in [3.05, 3.63) is 50.1 Å². The standard InChI is InChI=1S/C13H14BrFN2S/c1-8-17-9(7-18-8)6-12(16-2)10-4-3-5-11(15)13(10)14/h3-5,7,12,16H,6H2,1-2H3. The lowest BCUT2D eigenvalue weighted by Gasteiger charge is -2.17. The number of likely N-dealkylation sites (N-methyl/N-ethyl adjacent to an activating group) is 1. The second kappa shape index (κ2) is 5.91. The first kappa shape index (κ1) is 13.6. The van der Waals surface area contributed by atoms with Crippen molar-refractivity contribution in [2.75, 3.05) is 7.05 Å². The van der Waals surface area contributed by atoms with Gasteiger partial charge in [-0.05, 0) is 41.5 Å². The number of nitrogens with zero attached hydrogens (tertiary/aromatic N) is 1. The average Bonchev–Trinajstić information content (AvgIpc) is 2.76. The largest absolute Gasteiger partial charge is 0.313 e. The normalized spacial score (nSPS) is 12.7. The Labute approximate surface area is 118 Å². The molecule has 0 aliphatic carbocycles. The van der Waals surface area contributed by atoms with Crippen LogP contribution in [0.3, 0.4) is 0 Å². The van der Waals surface area contributed by atoms with E-state index in [1.807, 2.05) is 25.4 Å². The molecular weight excluding hydrogens is 315 g/mol. The third-order valence-electron chi connectivity index (χ3n) is 2.79. The van der Waals surface area contributed by atoms with Crippen LogP contribution in [0.5, 0.6) is 0 Å². The summed E-state index contributed by atoms with van der Waals surface area (Å²) in [5, 5.41) is 6.31. The molecule has 2 nitrogen and oxygen atoms in total. The first-order chi connectivity index (χ1) is 8.61. The minimum Gasteiger partial charge on any atom is -0.313 e. The van der Waals surface area contributed by atoms with E-state index in [2.05, 4.69) is 26.2 Å². The zero-order valence-corrected chi connectivity index (χ0v) is 12.6. The van der Waals surface area contributed by atoms with Crippen molar-refractivity contribution in [1.82, 2.24) is 10.3 Å². The van der Waals surface area contributed by atoms with Crippen LogP contribution in [0.2, 0.25) is 0 Å². The molecule has 1 heterocycles. The minimum atomic E-state index is -0.234. The van der Waals surface area contributed by atoms with Crippen LogP contribution >= 0.6 is 27.3 Å². The third-order valence-corrected chi connectivity index (χ3v) is 4.44. The lowest BCUT2D eigenvalue weighted by molar-refractivity contribution is 0.567. The molecule has 0 saturated heterocycles. The summed E-state index contributed by atoms with van der Waals surface area (Å²) in [5.74, 6) is -0.234. The maximum absolute atomic E-state index is 13.5. The van der Waals surface area contributed by atoms with Crippen LogP contribution in [0.25, 0.3) is 0 Å². The molecule has 5 heteroatoms. The van der Waals surface area contributed by atoms with Gasteiger partial charge in [0.1, 0.15) is 5.82 Å². The van der Waals surface area contributed by atoms with Gasteiger partial charge in [-0.25, -0.2) is 9.37 Å². The number of rotatable bonds is 4. The lowest BCUT2D eigenvalue weighted by Crippen LogP contribution is -2.19. The molecule has 0 radical (unpaired) electrons. The summed E-state index contributed by atoms with van der Waals surface area (Å²) in [6, 6.07) is 5.16. The summed E-state index contributed by atoms with van der Waals surface area (Å²) in [6.07, 6.45) is 0.753. The van der Waals surface area contributed by atoms with Crippen LogP contribution in [0.15, 0.2) is 28.1 Å². The molecule has 96 valence electrons. The molecule has 0 amide bonds. The molecule has 2 rings (SSSR count). The first-order valence-corrected chi connectivity index (χ1v) is 7.31. The molecule has 1 aromatic heterocycles. The van der Waals surface area contributed by atoms with Gasteiger partial charge < -0.3 is 5.32 Å². The molecule has 0 fully saturated rings. The molecule has 2 aromatic rings. The van der Waals surface area contributed by atoms with E-state index in [1.54, 1.807) is 17.4 Å². The summed E-state index contributed by atoms with van der Waals surface area (Å²) < 4.78 is 14.1. The summed E-state index contributed by atoms with van der Waals surface area (Å²) >= 11 is 4.94. The molecule has 1 N–H and O–H groups in total. The van der Waals surface area contributed by atoms with Crippen LogP contribution < -0.4 is 5.32 Å². The fourth-order valence-corrected chi connectivity index (χ4v) is 3.03. The van der Waals surface area contributed by atoms with Crippen LogP contribution in [0.1, 0.15) is 22.3 Å². The highest BCUT2D eigenvalue weighted by Crippen LogP contribution is 2.28. The van der Waals surface area contributed by atoms with Crippen molar-refractivity contribution >= 4 is 27.3 Å². The van der Waals surface area contributed by atoms with Gasteiger partial charge in [0.15, 0.2) is 0 Å². The fraction of sp³-hybridized carbons (Fsp3) is 0.308.